The number of rotatable bonds is 6. The second-order valence-corrected chi connectivity index (χ2v) is 8.70. The van der Waals surface area contributed by atoms with E-state index in [1.54, 1.807) is 11.8 Å². The Labute approximate surface area is 191 Å². The van der Waals surface area contributed by atoms with Crippen LogP contribution < -0.4 is 14.8 Å². The van der Waals surface area contributed by atoms with Crippen molar-refractivity contribution in [1.29, 1.82) is 0 Å². The molecule has 1 heterocycles. The predicted octanol–water partition coefficient (Wildman–Crippen LogP) is 7.71. The summed E-state index contributed by atoms with van der Waals surface area (Å²) in [5, 5.41) is 4.21. The zero-order chi connectivity index (χ0) is 21.0. The van der Waals surface area contributed by atoms with Crippen LogP contribution in [0.4, 0.5) is 11.4 Å². The van der Waals surface area contributed by atoms with Crippen molar-refractivity contribution in [3.8, 4) is 11.5 Å². The molecule has 1 aliphatic rings. The molecule has 0 radical (unpaired) electrons. The first-order valence-corrected chi connectivity index (χ1v) is 11.2. The van der Waals surface area contributed by atoms with Crippen LogP contribution in [0.2, 0.25) is 5.02 Å². The fourth-order valence-electron chi connectivity index (χ4n) is 3.41. The fourth-order valence-corrected chi connectivity index (χ4v) is 4.56. The molecule has 0 amide bonds. The molecule has 0 saturated carbocycles. The third-order valence-corrected chi connectivity index (χ3v) is 6.34. The Morgan fingerprint density at radius 2 is 1.35 bits per heavy atom. The van der Waals surface area contributed by atoms with Gasteiger partial charge < -0.3 is 14.8 Å². The van der Waals surface area contributed by atoms with Crippen LogP contribution in [0.15, 0.2) is 101 Å². The molecule has 0 aromatic heterocycles. The van der Waals surface area contributed by atoms with Crippen molar-refractivity contribution in [3.63, 3.8) is 0 Å². The summed E-state index contributed by atoms with van der Waals surface area (Å²) in [5.74, 6) is 1.41. The molecule has 5 rings (SSSR count). The van der Waals surface area contributed by atoms with E-state index in [0.717, 1.165) is 32.3 Å². The van der Waals surface area contributed by atoms with Crippen molar-refractivity contribution in [1.82, 2.24) is 0 Å². The zero-order valence-electron chi connectivity index (χ0n) is 16.7. The minimum Gasteiger partial charge on any atom is -0.485 e. The molecule has 4 aromatic carbocycles. The summed E-state index contributed by atoms with van der Waals surface area (Å²) in [5.41, 5.74) is 4.07. The van der Waals surface area contributed by atoms with Crippen molar-refractivity contribution >= 4 is 34.7 Å². The van der Waals surface area contributed by atoms with E-state index >= 15 is 0 Å². The summed E-state index contributed by atoms with van der Waals surface area (Å²) < 4.78 is 12.5. The van der Waals surface area contributed by atoms with Gasteiger partial charge in [0.05, 0.1) is 11.4 Å². The number of halogens is 1. The van der Waals surface area contributed by atoms with Gasteiger partial charge in [-0.2, -0.15) is 0 Å². The Hall–Kier alpha value is -3.08. The van der Waals surface area contributed by atoms with Gasteiger partial charge >= 0.3 is 0 Å². The van der Waals surface area contributed by atoms with Crippen molar-refractivity contribution in [2.45, 2.75) is 23.0 Å². The molecule has 1 N–H and O–H groups in total. The highest BCUT2D eigenvalue weighted by atomic mass is 35.5. The van der Waals surface area contributed by atoms with Crippen molar-refractivity contribution < 1.29 is 9.47 Å². The van der Waals surface area contributed by atoms with E-state index in [1.807, 2.05) is 60.7 Å². The van der Waals surface area contributed by atoms with Crippen LogP contribution in [0.25, 0.3) is 0 Å². The molecule has 4 aromatic rings. The van der Waals surface area contributed by atoms with Gasteiger partial charge in [-0.3, -0.25) is 0 Å². The number of anilines is 2. The smallest absolute Gasteiger partial charge is 0.186 e. The number of hydrogen-bond donors (Lipinski definition) is 1. The van der Waals surface area contributed by atoms with Crippen LogP contribution in [0.3, 0.4) is 0 Å². The molecule has 154 valence electrons. The first kappa shape index (κ1) is 19.9. The number of benzene rings is 4. The molecular formula is C26H20ClNO2S. The van der Waals surface area contributed by atoms with Crippen LogP contribution in [0.5, 0.6) is 11.5 Å². The Bertz CT molecular complexity index is 1200. The van der Waals surface area contributed by atoms with Gasteiger partial charge in [-0.15, -0.1) is 0 Å². The maximum absolute atomic E-state index is 6.32. The maximum atomic E-state index is 6.32. The molecule has 0 saturated heterocycles. The average molecular weight is 446 g/mol. The summed E-state index contributed by atoms with van der Waals surface area (Å²) in [6.45, 7) is 0.921. The van der Waals surface area contributed by atoms with E-state index in [0.29, 0.717) is 29.7 Å². The first-order chi connectivity index (χ1) is 15.3. The van der Waals surface area contributed by atoms with Gasteiger partial charge in [-0.05, 0) is 41.5 Å². The van der Waals surface area contributed by atoms with Crippen molar-refractivity contribution in [2.24, 2.45) is 0 Å². The highest BCUT2D eigenvalue weighted by Crippen LogP contribution is 2.51. The molecule has 1 aliphatic heterocycles. The zero-order valence-corrected chi connectivity index (χ0v) is 18.2. The summed E-state index contributed by atoms with van der Waals surface area (Å²) >= 11 is 7.92. The Morgan fingerprint density at radius 3 is 2.06 bits per heavy atom. The van der Waals surface area contributed by atoms with Gasteiger partial charge in [0.25, 0.3) is 0 Å². The van der Waals surface area contributed by atoms with Crippen LogP contribution in [0, 0.1) is 0 Å². The lowest BCUT2D eigenvalue weighted by molar-refractivity contribution is 0.256. The van der Waals surface area contributed by atoms with Gasteiger partial charge in [-0.1, -0.05) is 84.0 Å². The monoisotopic (exact) mass is 445 g/mol. The number of nitrogens with one attached hydrogen (secondary N) is 1. The summed E-state index contributed by atoms with van der Waals surface area (Å²) in [6.07, 6.45) is 0. The van der Waals surface area contributed by atoms with Gasteiger partial charge in [0, 0.05) is 14.8 Å². The molecule has 31 heavy (non-hydrogen) atoms. The molecular weight excluding hydrogens is 426 g/mol. The SMILES string of the molecule is Clc1ccc2c(c1)Nc1c(ccc(OCc3ccccc3)c1OCc1ccccc1)S2. The molecule has 0 bridgehead atoms. The highest BCUT2D eigenvalue weighted by Gasteiger charge is 2.23. The van der Waals surface area contributed by atoms with E-state index in [4.69, 9.17) is 21.1 Å². The van der Waals surface area contributed by atoms with Gasteiger partial charge in [-0.25, -0.2) is 0 Å². The van der Waals surface area contributed by atoms with Gasteiger partial charge in [0.1, 0.15) is 13.2 Å². The molecule has 0 fully saturated rings. The summed E-state index contributed by atoms with van der Waals surface area (Å²) in [7, 11) is 0. The number of fused-ring (bicyclic) bond motifs is 2. The lowest BCUT2D eigenvalue weighted by Crippen LogP contribution is -2.06. The van der Waals surface area contributed by atoms with E-state index in [9.17, 15) is 0 Å². The lowest BCUT2D eigenvalue weighted by Gasteiger charge is -2.25. The van der Waals surface area contributed by atoms with Crippen LogP contribution >= 0.6 is 23.4 Å². The Kier molecular flexibility index (Phi) is 5.74. The Morgan fingerprint density at radius 1 is 0.710 bits per heavy atom. The molecule has 0 spiro atoms. The van der Waals surface area contributed by atoms with Crippen LogP contribution in [-0.2, 0) is 13.2 Å². The topological polar surface area (TPSA) is 30.5 Å². The highest BCUT2D eigenvalue weighted by molar-refractivity contribution is 7.99. The van der Waals surface area contributed by atoms with Gasteiger partial charge in [0.15, 0.2) is 11.5 Å². The van der Waals surface area contributed by atoms with E-state index in [1.165, 1.54) is 0 Å². The summed E-state index contributed by atoms with van der Waals surface area (Å²) in [4.78, 5) is 2.22. The normalized spacial score (nSPS) is 11.8. The second-order valence-electron chi connectivity index (χ2n) is 7.18. The third kappa shape index (κ3) is 4.50. The average Bonchev–Trinajstić information content (AvgIpc) is 2.81. The molecule has 5 heteroatoms. The van der Waals surface area contributed by atoms with Crippen molar-refractivity contribution in [2.75, 3.05) is 5.32 Å². The lowest BCUT2D eigenvalue weighted by atomic mass is 10.2. The van der Waals surface area contributed by atoms with Crippen LogP contribution in [0.1, 0.15) is 11.1 Å². The quantitative estimate of drug-likeness (QED) is 0.290. The molecule has 0 aliphatic carbocycles. The minimum atomic E-state index is 0.452. The van der Waals surface area contributed by atoms with Crippen molar-refractivity contribution in [3.05, 3.63) is 107 Å². The van der Waals surface area contributed by atoms with Gasteiger partial charge in [0.2, 0.25) is 0 Å². The number of hydrogen-bond acceptors (Lipinski definition) is 4. The first-order valence-electron chi connectivity index (χ1n) is 10.0. The van der Waals surface area contributed by atoms with E-state index in [-0.39, 0.29) is 0 Å². The molecule has 3 nitrogen and oxygen atoms in total. The molecule has 0 unspecified atom stereocenters. The maximum Gasteiger partial charge on any atom is 0.186 e. The van der Waals surface area contributed by atoms with E-state index in [2.05, 4.69) is 35.6 Å². The number of ether oxygens (including phenoxy) is 2. The largest absolute Gasteiger partial charge is 0.485 e. The summed E-state index contributed by atoms with van der Waals surface area (Å²) in [6, 6.07) is 30.2. The second kappa shape index (κ2) is 8.96. The third-order valence-electron chi connectivity index (χ3n) is 4.97. The van der Waals surface area contributed by atoms with Crippen LogP contribution in [-0.4, -0.2) is 0 Å². The minimum absolute atomic E-state index is 0.452. The standard InChI is InChI=1S/C26H20ClNO2S/c27-20-11-13-23-21(15-20)28-25-24(31-23)14-12-22(29-16-18-7-3-1-4-8-18)26(25)30-17-19-9-5-2-6-10-19/h1-15,28H,16-17H2. The fraction of sp³-hybridized carbons (Fsp3) is 0.0769. The molecule has 0 atom stereocenters. The Balaban J connectivity index is 1.48. The predicted molar refractivity (Wildman–Crippen MR) is 127 cm³/mol. The van der Waals surface area contributed by atoms with E-state index < -0.39 is 0 Å².